The topological polar surface area (TPSA) is 76.2 Å². The Morgan fingerprint density at radius 3 is 2.31 bits per heavy atom. The SMILES string of the molecule is COc1ccc(CS(=O)(=O)N2CCN(C(=O)OC(C)(C)C)[C@@H](C)C2)cc1. The number of hydrogen-bond acceptors (Lipinski definition) is 5. The lowest BCUT2D eigenvalue weighted by Crippen LogP contribution is -2.56. The summed E-state index contributed by atoms with van der Waals surface area (Å²) in [6.07, 6.45) is -0.405. The second-order valence-electron chi connectivity index (χ2n) is 7.49. The molecule has 1 aliphatic rings. The average molecular weight is 384 g/mol. The first-order valence-corrected chi connectivity index (χ1v) is 10.2. The molecule has 0 bridgehead atoms. The van der Waals surface area contributed by atoms with Crippen LogP contribution in [0.15, 0.2) is 24.3 Å². The highest BCUT2D eigenvalue weighted by atomic mass is 32.2. The summed E-state index contributed by atoms with van der Waals surface area (Å²) in [5.74, 6) is 0.613. The van der Waals surface area contributed by atoms with Crippen molar-refractivity contribution in [1.29, 1.82) is 0 Å². The molecule has 1 saturated heterocycles. The van der Waals surface area contributed by atoms with E-state index in [0.29, 0.717) is 17.9 Å². The number of piperazine rings is 1. The highest BCUT2D eigenvalue weighted by molar-refractivity contribution is 7.88. The van der Waals surface area contributed by atoms with Crippen LogP contribution in [0.3, 0.4) is 0 Å². The zero-order valence-electron chi connectivity index (χ0n) is 16.1. The van der Waals surface area contributed by atoms with Crippen molar-refractivity contribution in [3.63, 3.8) is 0 Å². The van der Waals surface area contributed by atoms with E-state index in [2.05, 4.69) is 0 Å². The van der Waals surface area contributed by atoms with Crippen molar-refractivity contribution in [3.05, 3.63) is 29.8 Å². The number of rotatable bonds is 4. The molecule has 0 unspecified atom stereocenters. The fourth-order valence-electron chi connectivity index (χ4n) is 2.79. The summed E-state index contributed by atoms with van der Waals surface area (Å²) in [7, 11) is -1.89. The number of carbonyl (C=O) groups excluding carboxylic acids is 1. The Labute approximate surface area is 155 Å². The molecule has 1 heterocycles. The smallest absolute Gasteiger partial charge is 0.410 e. The van der Waals surface area contributed by atoms with E-state index >= 15 is 0 Å². The first kappa shape index (κ1) is 20.5. The lowest BCUT2D eigenvalue weighted by Gasteiger charge is -2.39. The number of nitrogens with zero attached hydrogens (tertiary/aromatic N) is 2. The Bertz CT molecular complexity index is 725. The predicted molar refractivity (Wildman–Crippen MR) is 99.6 cm³/mol. The zero-order chi connectivity index (χ0) is 19.5. The average Bonchev–Trinajstić information content (AvgIpc) is 2.53. The highest BCUT2D eigenvalue weighted by Crippen LogP contribution is 2.20. The zero-order valence-corrected chi connectivity index (χ0v) is 16.9. The summed E-state index contributed by atoms with van der Waals surface area (Å²) >= 11 is 0. The van der Waals surface area contributed by atoms with Crippen LogP contribution in [0.25, 0.3) is 0 Å². The van der Waals surface area contributed by atoms with Crippen molar-refractivity contribution < 1.29 is 22.7 Å². The van der Waals surface area contributed by atoms with Crippen LogP contribution in [0, 0.1) is 0 Å². The highest BCUT2D eigenvalue weighted by Gasteiger charge is 2.35. The van der Waals surface area contributed by atoms with Gasteiger partial charge in [0.25, 0.3) is 0 Å². The first-order chi connectivity index (χ1) is 12.0. The molecule has 1 aliphatic heterocycles. The quantitative estimate of drug-likeness (QED) is 0.797. The number of methoxy groups -OCH3 is 1. The lowest BCUT2D eigenvalue weighted by molar-refractivity contribution is 0.00857. The normalized spacial score (nSPS) is 19.3. The Hall–Kier alpha value is -1.80. The summed E-state index contributed by atoms with van der Waals surface area (Å²) in [5.41, 5.74) is 0.127. The molecule has 1 aromatic carbocycles. The fraction of sp³-hybridized carbons (Fsp3) is 0.611. The van der Waals surface area contributed by atoms with Crippen LogP contribution in [0.2, 0.25) is 0 Å². The van der Waals surface area contributed by atoms with Crippen molar-refractivity contribution in [2.24, 2.45) is 0 Å². The van der Waals surface area contributed by atoms with Gasteiger partial charge in [0, 0.05) is 25.7 Å². The summed E-state index contributed by atoms with van der Waals surface area (Å²) in [6, 6.07) is 6.74. The summed E-state index contributed by atoms with van der Waals surface area (Å²) in [4.78, 5) is 13.8. The number of amides is 1. The monoisotopic (exact) mass is 384 g/mol. The standard InChI is InChI=1S/C18H28N2O5S/c1-14-12-19(10-11-20(14)17(21)25-18(2,3)4)26(22,23)13-15-6-8-16(24-5)9-7-15/h6-9,14H,10-13H2,1-5H3/t14-/m0/s1. The molecular weight excluding hydrogens is 356 g/mol. The van der Waals surface area contributed by atoms with Crippen molar-refractivity contribution in [1.82, 2.24) is 9.21 Å². The minimum atomic E-state index is -3.46. The van der Waals surface area contributed by atoms with Gasteiger partial charge in [-0.05, 0) is 45.4 Å². The Kier molecular flexibility index (Phi) is 6.18. The summed E-state index contributed by atoms with van der Waals surface area (Å²) in [6.45, 7) is 8.11. The first-order valence-electron chi connectivity index (χ1n) is 8.62. The number of ether oxygens (including phenoxy) is 2. The van der Waals surface area contributed by atoms with E-state index in [1.807, 2.05) is 27.7 Å². The van der Waals surface area contributed by atoms with Crippen LogP contribution in [0.5, 0.6) is 5.75 Å². The summed E-state index contributed by atoms with van der Waals surface area (Å²) in [5, 5.41) is 0. The van der Waals surface area contributed by atoms with E-state index < -0.39 is 21.7 Å². The van der Waals surface area contributed by atoms with Gasteiger partial charge in [0.1, 0.15) is 11.4 Å². The molecular formula is C18H28N2O5S. The number of carbonyl (C=O) groups is 1. The molecule has 1 fully saturated rings. The minimum Gasteiger partial charge on any atom is -0.497 e. The van der Waals surface area contributed by atoms with E-state index in [0.717, 1.165) is 0 Å². The van der Waals surface area contributed by atoms with E-state index in [-0.39, 0.29) is 24.9 Å². The second kappa shape index (κ2) is 7.84. The molecule has 1 amide bonds. The largest absolute Gasteiger partial charge is 0.497 e. The van der Waals surface area contributed by atoms with Gasteiger partial charge in [-0.3, -0.25) is 0 Å². The van der Waals surface area contributed by atoms with Crippen LogP contribution >= 0.6 is 0 Å². The number of hydrogen-bond donors (Lipinski definition) is 0. The molecule has 7 nitrogen and oxygen atoms in total. The van der Waals surface area contributed by atoms with Gasteiger partial charge >= 0.3 is 6.09 Å². The third-order valence-corrected chi connectivity index (χ3v) is 5.94. The van der Waals surface area contributed by atoms with Gasteiger partial charge in [-0.25, -0.2) is 13.2 Å². The van der Waals surface area contributed by atoms with Crippen molar-refractivity contribution >= 4 is 16.1 Å². The van der Waals surface area contributed by atoms with Gasteiger partial charge < -0.3 is 14.4 Å². The molecule has 0 aliphatic carbocycles. The molecule has 1 atom stereocenters. The summed E-state index contributed by atoms with van der Waals surface area (Å²) < 4.78 is 37.4. The van der Waals surface area contributed by atoms with E-state index in [1.165, 1.54) is 4.31 Å². The fourth-order valence-corrected chi connectivity index (χ4v) is 4.39. The van der Waals surface area contributed by atoms with Crippen LogP contribution in [0.4, 0.5) is 4.79 Å². The molecule has 0 aromatic heterocycles. The van der Waals surface area contributed by atoms with E-state index in [1.54, 1.807) is 36.3 Å². The molecule has 0 radical (unpaired) electrons. The van der Waals surface area contributed by atoms with E-state index in [9.17, 15) is 13.2 Å². The third-order valence-electron chi connectivity index (χ3n) is 4.12. The Morgan fingerprint density at radius 2 is 1.81 bits per heavy atom. The second-order valence-corrected chi connectivity index (χ2v) is 9.45. The Morgan fingerprint density at radius 1 is 1.19 bits per heavy atom. The maximum absolute atomic E-state index is 12.7. The molecule has 0 N–H and O–H groups in total. The van der Waals surface area contributed by atoms with Gasteiger partial charge in [0.05, 0.1) is 12.9 Å². The van der Waals surface area contributed by atoms with E-state index in [4.69, 9.17) is 9.47 Å². The van der Waals surface area contributed by atoms with Crippen molar-refractivity contribution in [2.45, 2.75) is 45.1 Å². The van der Waals surface area contributed by atoms with Gasteiger partial charge in [-0.2, -0.15) is 4.31 Å². The molecule has 146 valence electrons. The molecule has 1 aromatic rings. The maximum atomic E-state index is 12.7. The minimum absolute atomic E-state index is 0.0733. The van der Waals surface area contributed by atoms with Crippen LogP contribution in [-0.4, -0.2) is 62.1 Å². The van der Waals surface area contributed by atoms with Crippen molar-refractivity contribution in [3.8, 4) is 5.75 Å². The lowest BCUT2D eigenvalue weighted by atomic mass is 10.2. The predicted octanol–water partition coefficient (Wildman–Crippen LogP) is 2.47. The number of benzene rings is 1. The van der Waals surface area contributed by atoms with Crippen LogP contribution in [-0.2, 0) is 20.5 Å². The van der Waals surface area contributed by atoms with Crippen LogP contribution in [0.1, 0.15) is 33.3 Å². The van der Waals surface area contributed by atoms with Gasteiger partial charge in [-0.1, -0.05) is 12.1 Å². The van der Waals surface area contributed by atoms with Gasteiger partial charge in [0.2, 0.25) is 10.0 Å². The number of sulfonamides is 1. The van der Waals surface area contributed by atoms with Gasteiger partial charge in [-0.15, -0.1) is 0 Å². The maximum Gasteiger partial charge on any atom is 0.410 e. The molecule has 0 spiro atoms. The Balaban J connectivity index is 2.00. The molecule has 8 heteroatoms. The third kappa shape index (κ3) is 5.35. The molecule has 0 saturated carbocycles. The van der Waals surface area contributed by atoms with Crippen molar-refractivity contribution in [2.75, 3.05) is 26.7 Å². The molecule has 2 rings (SSSR count). The van der Waals surface area contributed by atoms with Gasteiger partial charge in [0.15, 0.2) is 0 Å². The van der Waals surface area contributed by atoms with Crippen LogP contribution < -0.4 is 4.74 Å². The molecule has 26 heavy (non-hydrogen) atoms.